The maximum absolute atomic E-state index is 14.9. The Morgan fingerprint density at radius 1 is 0.750 bits per heavy atom. The van der Waals surface area contributed by atoms with E-state index in [9.17, 15) is 13.6 Å². The van der Waals surface area contributed by atoms with Crippen molar-refractivity contribution in [2.24, 2.45) is 5.92 Å². The molecule has 0 radical (unpaired) electrons. The molecule has 5 aromatic rings. The summed E-state index contributed by atoms with van der Waals surface area (Å²) in [5, 5.41) is 3.19. The Hall–Kier alpha value is -4.94. The third-order valence-electron chi connectivity index (χ3n) is 8.54. The normalized spacial score (nSPS) is 17.8. The average Bonchev–Trinajstić information content (AvgIpc) is 3.36. The van der Waals surface area contributed by atoms with Gasteiger partial charge in [-0.05, 0) is 82.8 Å². The first kappa shape index (κ1) is 29.1. The summed E-state index contributed by atoms with van der Waals surface area (Å²) in [5.41, 5.74) is 2.27. The molecule has 0 saturated carbocycles. The third kappa shape index (κ3) is 5.01. The summed E-state index contributed by atoms with van der Waals surface area (Å²) in [6.45, 7) is 4.32. The number of rotatable bonds is 8. The Bertz CT molecular complexity index is 1710. The topological polar surface area (TPSA) is 45.2 Å². The van der Waals surface area contributed by atoms with Crippen LogP contribution in [0.3, 0.4) is 0 Å². The van der Waals surface area contributed by atoms with Crippen LogP contribution in [-0.4, -0.2) is 21.3 Å². The van der Waals surface area contributed by atoms with Crippen molar-refractivity contribution in [1.82, 2.24) is 9.88 Å². The Kier molecular flexibility index (Phi) is 7.93. The van der Waals surface area contributed by atoms with Crippen LogP contribution in [0.1, 0.15) is 36.2 Å². The molecular weight excluding hydrogens is 552 g/mol. The quantitative estimate of drug-likeness (QED) is 0.200. The van der Waals surface area contributed by atoms with Crippen LogP contribution in [0.2, 0.25) is 0 Å². The first-order valence-corrected chi connectivity index (χ1v) is 14.7. The van der Waals surface area contributed by atoms with Crippen LogP contribution in [0.15, 0.2) is 140 Å². The standard InChI is InChI=1S/C38H33F2N3O/c1-27(2)37(36(44)42-33-13-7-4-8-14-33)25-35(28-11-5-3-6-12-28)38(29-16-20-31(39)21-17-29,30-18-22-32(40)23-19-30)43(37)26-34-15-9-10-24-41-34/h3-25,27H,26H2,1-2H3,(H,42,44). The zero-order valence-corrected chi connectivity index (χ0v) is 24.6. The van der Waals surface area contributed by atoms with E-state index in [1.54, 1.807) is 30.5 Å². The molecule has 4 aromatic carbocycles. The van der Waals surface area contributed by atoms with E-state index in [1.165, 1.54) is 24.3 Å². The second-order valence-electron chi connectivity index (χ2n) is 11.4. The van der Waals surface area contributed by atoms with E-state index in [-0.39, 0.29) is 30.0 Å². The molecule has 0 spiro atoms. The number of pyridine rings is 1. The molecule has 1 N–H and O–H groups in total. The Labute approximate surface area is 256 Å². The van der Waals surface area contributed by atoms with E-state index in [0.717, 1.165) is 28.0 Å². The lowest BCUT2D eigenvalue weighted by Crippen LogP contribution is -2.62. The van der Waals surface area contributed by atoms with Crippen LogP contribution in [0.4, 0.5) is 14.5 Å². The number of aromatic nitrogens is 1. The van der Waals surface area contributed by atoms with Gasteiger partial charge in [-0.3, -0.25) is 14.7 Å². The summed E-state index contributed by atoms with van der Waals surface area (Å²) in [4.78, 5) is 21.7. The molecule has 0 bridgehead atoms. The maximum atomic E-state index is 14.9. The van der Waals surface area contributed by atoms with Crippen LogP contribution < -0.4 is 5.32 Å². The van der Waals surface area contributed by atoms with Gasteiger partial charge >= 0.3 is 0 Å². The predicted octanol–water partition coefficient (Wildman–Crippen LogP) is 8.24. The molecule has 1 aromatic heterocycles. The largest absolute Gasteiger partial charge is 0.324 e. The molecule has 44 heavy (non-hydrogen) atoms. The maximum Gasteiger partial charge on any atom is 0.249 e. The summed E-state index contributed by atoms with van der Waals surface area (Å²) in [5.74, 6) is -1.20. The van der Waals surface area contributed by atoms with Crippen LogP contribution in [0.25, 0.3) is 5.57 Å². The zero-order valence-electron chi connectivity index (χ0n) is 24.6. The number of hydrogen-bond acceptors (Lipinski definition) is 3. The minimum Gasteiger partial charge on any atom is -0.324 e. The molecule has 6 rings (SSSR count). The van der Waals surface area contributed by atoms with Gasteiger partial charge < -0.3 is 5.32 Å². The number of anilines is 1. The Morgan fingerprint density at radius 3 is 1.82 bits per heavy atom. The third-order valence-corrected chi connectivity index (χ3v) is 8.54. The van der Waals surface area contributed by atoms with Crippen LogP contribution in [0.5, 0.6) is 0 Å². The zero-order chi connectivity index (χ0) is 30.7. The predicted molar refractivity (Wildman–Crippen MR) is 170 cm³/mol. The van der Waals surface area contributed by atoms with Crippen LogP contribution >= 0.6 is 0 Å². The molecule has 4 nitrogen and oxygen atoms in total. The van der Waals surface area contributed by atoms with E-state index in [1.807, 2.05) is 92.7 Å². The fourth-order valence-corrected chi connectivity index (χ4v) is 6.49. The summed E-state index contributed by atoms with van der Waals surface area (Å²) in [7, 11) is 0. The highest BCUT2D eigenvalue weighted by atomic mass is 19.1. The van der Waals surface area contributed by atoms with Crippen molar-refractivity contribution in [2.75, 3.05) is 5.32 Å². The molecule has 2 heterocycles. The number of hydrogen-bond donors (Lipinski definition) is 1. The minimum absolute atomic E-state index is 0.214. The van der Waals surface area contributed by atoms with Crippen molar-refractivity contribution in [1.29, 1.82) is 0 Å². The van der Waals surface area contributed by atoms with Crippen molar-refractivity contribution in [3.63, 3.8) is 0 Å². The van der Waals surface area contributed by atoms with Gasteiger partial charge in [-0.2, -0.15) is 0 Å². The second-order valence-corrected chi connectivity index (χ2v) is 11.4. The van der Waals surface area contributed by atoms with Crippen molar-refractivity contribution in [2.45, 2.75) is 31.5 Å². The van der Waals surface area contributed by atoms with E-state index in [2.05, 4.69) is 21.3 Å². The molecule has 1 aliphatic rings. The SMILES string of the molecule is CC(C)C1(C(=O)Nc2ccccc2)C=C(c2ccccc2)C(c2ccc(F)cc2)(c2ccc(F)cc2)N1Cc1ccccn1. The highest BCUT2D eigenvalue weighted by Gasteiger charge is 2.61. The van der Waals surface area contributed by atoms with Gasteiger partial charge in [0.1, 0.15) is 17.2 Å². The monoisotopic (exact) mass is 585 g/mol. The van der Waals surface area contributed by atoms with E-state index in [4.69, 9.17) is 0 Å². The lowest BCUT2D eigenvalue weighted by molar-refractivity contribution is -0.130. The number of benzene rings is 4. The number of nitrogens with zero attached hydrogens (tertiary/aromatic N) is 2. The minimum atomic E-state index is -1.22. The summed E-state index contributed by atoms with van der Waals surface area (Å²) >= 11 is 0. The molecule has 1 aliphatic heterocycles. The Balaban J connectivity index is 1.72. The average molecular weight is 586 g/mol. The number of amides is 1. The fraction of sp³-hybridized carbons (Fsp3) is 0.158. The summed E-state index contributed by atoms with van der Waals surface area (Å²) in [6, 6.07) is 37.7. The van der Waals surface area contributed by atoms with Gasteiger partial charge in [0.25, 0.3) is 0 Å². The fourth-order valence-electron chi connectivity index (χ4n) is 6.49. The van der Waals surface area contributed by atoms with Gasteiger partial charge in [-0.25, -0.2) is 8.78 Å². The lowest BCUT2D eigenvalue weighted by atomic mass is 9.74. The van der Waals surface area contributed by atoms with Gasteiger partial charge in [0.05, 0.1) is 11.2 Å². The lowest BCUT2D eigenvalue weighted by Gasteiger charge is -2.50. The first-order chi connectivity index (χ1) is 21.4. The molecule has 1 atom stereocenters. The van der Waals surface area contributed by atoms with E-state index >= 15 is 0 Å². The highest BCUT2D eigenvalue weighted by Crippen LogP contribution is 2.57. The molecule has 1 amide bonds. The van der Waals surface area contributed by atoms with Gasteiger partial charge in [0.15, 0.2) is 0 Å². The van der Waals surface area contributed by atoms with E-state index < -0.39 is 11.1 Å². The molecular formula is C38H33F2N3O. The molecule has 0 aliphatic carbocycles. The molecule has 0 fully saturated rings. The number of carbonyl (C=O) groups excluding carboxylic acids is 1. The Morgan fingerprint density at radius 2 is 1.30 bits per heavy atom. The number of para-hydroxylation sites is 1. The highest BCUT2D eigenvalue weighted by molar-refractivity contribution is 6.04. The molecule has 0 saturated heterocycles. The summed E-state index contributed by atoms with van der Waals surface area (Å²) < 4.78 is 29.0. The smallest absolute Gasteiger partial charge is 0.249 e. The second kappa shape index (κ2) is 12.0. The number of carbonyl (C=O) groups is 1. The molecule has 6 heteroatoms. The molecule has 1 unspecified atom stereocenters. The first-order valence-electron chi connectivity index (χ1n) is 14.7. The summed E-state index contributed by atoms with van der Waals surface area (Å²) in [6.07, 6.45) is 3.79. The molecule has 220 valence electrons. The van der Waals surface area contributed by atoms with Crippen LogP contribution in [0, 0.1) is 17.6 Å². The van der Waals surface area contributed by atoms with Crippen LogP contribution in [-0.2, 0) is 16.9 Å². The number of nitrogens with one attached hydrogen (secondary N) is 1. The van der Waals surface area contributed by atoms with Gasteiger partial charge in [0.2, 0.25) is 5.91 Å². The van der Waals surface area contributed by atoms with Crippen molar-refractivity contribution in [3.8, 4) is 0 Å². The van der Waals surface area contributed by atoms with Crippen molar-refractivity contribution in [3.05, 3.63) is 174 Å². The van der Waals surface area contributed by atoms with E-state index in [0.29, 0.717) is 5.69 Å². The van der Waals surface area contributed by atoms with Gasteiger partial charge in [0, 0.05) is 18.4 Å². The van der Waals surface area contributed by atoms with Gasteiger partial charge in [-0.15, -0.1) is 0 Å². The number of halogens is 2. The van der Waals surface area contributed by atoms with Gasteiger partial charge in [-0.1, -0.05) is 92.7 Å². The van der Waals surface area contributed by atoms with Crippen molar-refractivity contribution < 1.29 is 13.6 Å². The van der Waals surface area contributed by atoms with Crippen molar-refractivity contribution >= 4 is 17.2 Å².